The molecule has 1 aromatic rings. The molecule has 0 atom stereocenters. The first-order valence-corrected chi connectivity index (χ1v) is 7.68. The minimum atomic E-state index is -3.83. The van der Waals surface area contributed by atoms with Crippen LogP contribution in [-0.4, -0.2) is 19.9 Å². The Morgan fingerprint density at radius 3 is 2.72 bits per heavy atom. The average Bonchev–Trinajstić information content (AvgIpc) is 2.38. The van der Waals surface area contributed by atoms with E-state index < -0.39 is 20.9 Å². The maximum Gasteiger partial charge on any atom is 0.261 e. The monoisotopic (exact) mass is 272 g/mol. The molecule has 1 aliphatic carbocycles. The number of halogens is 1. The molecule has 0 unspecified atom stereocenters. The van der Waals surface area contributed by atoms with Crippen molar-refractivity contribution >= 4 is 10.0 Å². The topological polar surface area (TPSA) is 59.1 Å². The molecule has 18 heavy (non-hydrogen) atoms. The molecule has 100 valence electrons. The highest BCUT2D eigenvalue weighted by Crippen LogP contribution is 2.23. The molecule has 1 saturated carbocycles. The lowest BCUT2D eigenvalue weighted by Gasteiger charge is -2.21. The van der Waals surface area contributed by atoms with E-state index in [1.807, 2.05) is 0 Å². The molecule has 0 aliphatic heterocycles. The van der Waals surface area contributed by atoms with E-state index in [9.17, 15) is 12.8 Å². The second-order valence-corrected chi connectivity index (χ2v) is 6.33. The highest BCUT2D eigenvalue weighted by atomic mass is 32.2. The van der Waals surface area contributed by atoms with E-state index in [1.165, 1.54) is 18.7 Å². The number of nitrogens with zero attached hydrogens (tertiary/aromatic N) is 1. The fraction of sp³-hybridized carbons (Fsp3) is 0.583. The minimum Gasteiger partial charge on any atom is -0.241 e. The molecule has 0 saturated heterocycles. The third-order valence-electron chi connectivity index (χ3n) is 3.27. The summed E-state index contributed by atoms with van der Waals surface area (Å²) in [5.41, 5.74) is 0. The molecule has 1 N–H and O–H groups in total. The van der Waals surface area contributed by atoms with E-state index in [-0.39, 0.29) is 0 Å². The highest BCUT2D eigenvalue weighted by Gasteiger charge is 2.22. The maximum atomic E-state index is 13.4. The van der Waals surface area contributed by atoms with E-state index in [0.717, 1.165) is 31.7 Å². The summed E-state index contributed by atoms with van der Waals surface area (Å²) in [6, 6.07) is 2.47. The Kier molecular flexibility index (Phi) is 4.29. The Morgan fingerprint density at radius 1 is 1.33 bits per heavy atom. The maximum absolute atomic E-state index is 13.4. The second kappa shape index (κ2) is 5.75. The number of rotatable bonds is 4. The lowest BCUT2D eigenvalue weighted by atomic mass is 9.90. The third kappa shape index (κ3) is 3.26. The number of hydrogen-bond acceptors (Lipinski definition) is 3. The molecule has 1 fully saturated rings. The van der Waals surface area contributed by atoms with E-state index in [1.54, 1.807) is 0 Å². The normalized spacial score (nSPS) is 17.8. The van der Waals surface area contributed by atoms with Gasteiger partial charge in [-0.1, -0.05) is 19.3 Å². The van der Waals surface area contributed by atoms with Crippen molar-refractivity contribution in [2.24, 2.45) is 5.92 Å². The highest BCUT2D eigenvalue weighted by molar-refractivity contribution is 7.89. The van der Waals surface area contributed by atoms with E-state index >= 15 is 0 Å². The quantitative estimate of drug-likeness (QED) is 0.913. The molecule has 0 aromatic carbocycles. The summed E-state index contributed by atoms with van der Waals surface area (Å²) in [5, 5.41) is -0.513. The zero-order chi connectivity index (χ0) is 13.0. The van der Waals surface area contributed by atoms with Gasteiger partial charge in [0.25, 0.3) is 10.0 Å². The molecule has 1 heterocycles. The summed E-state index contributed by atoms with van der Waals surface area (Å²) in [6.07, 6.45) is 6.85. The van der Waals surface area contributed by atoms with Gasteiger partial charge in [0.15, 0.2) is 5.82 Å². The van der Waals surface area contributed by atoms with Gasteiger partial charge in [-0.2, -0.15) is 0 Å². The summed E-state index contributed by atoms with van der Waals surface area (Å²) in [6.45, 7) is 0.373. The largest absolute Gasteiger partial charge is 0.261 e. The lowest BCUT2D eigenvalue weighted by molar-refractivity contribution is 0.356. The summed E-state index contributed by atoms with van der Waals surface area (Å²) >= 11 is 0. The van der Waals surface area contributed by atoms with E-state index in [4.69, 9.17) is 0 Å². The van der Waals surface area contributed by atoms with Gasteiger partial charge in [-0.3, -0.25) is 0 Å². The number of aromatic nitrogens is 1. The Balaban J connectivity index is 2.01. The van der Waals surface area contributed by atoms with Crippen molar-refractivity contribution < 1.29 is 12.8 Å². The zero-order valence-corrected chi connectivity index (χ0v) is 10.9. The first-order chi connectivity index (χ1) is 8.59. The number of pyridine rings is 1. The van der Waals surface area contributed by atoms with Crippen LogP contribution < -0.4 is 4.72 Å². The molecule has 0 amide bonds. The van der Waals surface area contributed by atoms with Crippen LogP contribution in [0.4, 0.5) is 4.39 Å². The third-order valence-corrected chi connectivity index (χ3v) is 4.62. The molecule has 6 heteroatoms. The molecule has 1 aliphatic rings. The van der Waals surface area contributed by atoms with Crippen molar-refractivity contribution in [3.05, 3.63) is 24.1 Å². The van der Waals surface area contributed by atoms with Gasteiger partial charge in [0, 0.05) is 12.7 Å². The molecular weight excluding hydrogens is 255 g/mol. The van der Waals surface area contributed by atoms with Crippen LogP contribution >= 0.6 is 0 Å². The zero-order valence-electron chi connectivity index (χ0n) is 10.1. The molecule has 0 spiro atoms. The van der Waals surface area contributed by atoms with Crippen LogP contribution in [0.5, 0.6) is 0 Å². The Hall–Kier alpha value is -1.01. The van der Waals surface area contributed by atoms with Gasteiger partial charge >= 0.3 is 0 Å². The van der Waals surface area contributed by atoms with Gasteiger partial charge in [-0.15, -0.1) is 0 Å². The van der Waals surface area contributed by atoms with Gasteiger partial charge in [0.1, 0.15) is 0 Å². The molecular formula is C12H17FN2O2S. The van der Waals surface area contributed by atoms with Crippen molar-refractivity contribution in [1.29, 1.82) is 0 Å². The van der Waals surface area contributed by atoms with Gasteiger partial charge in [0.05, 0.1) is 0 Å². The standard InChI is InChI=1S/C12H17FN2O2S/c13-11-7-4-8-14-12(11)18(16,17)15-9-10-5-2-1-3-6-10/h4,7-8,10,15H,1-3,5-6,9H2. The van der Waals surface area contributed by atoms with Crippen LogP contribution in [0.1, 0.15) is 32.1 Å². The van der Waals surface area contributed by atoms with Crippen LogP contribution in [0.15, 0.2) is 23.4 Å². The van der Waals surface area contributed by atoms with Crippen molar-refractivity contribution in [3.8, 4) is 0 Å². The first kappa shape index (κ1) is 13.4. The summed E-state index contributed by atoms with van der Waals surface area (Å²) in [5.74, 6) is -0.450. The average molecular weight is 272 g/mol. The SMILES string of the molecule is O=S(=O)(NCC1CCCCC1)c1ncccc1F. The van der Waals surface area contributed by atoms with Crippen molar-refractivity contribution in [2.45, 2.75) is 37.1 Å². The summed E-state index contributed by atoms with van der Waals surface area (Å²) < 4.78 is 39.6. The Labute approximate surface area is 107 Å². The Bertz CT molecular complexity index is 499. The van der Waals surface area contributed by atoms with Crippen LogP contribution in [0.2, 0.25) is 0 Å². The van der Waals surface area contributed by atoms with Crippen molar-refractivity contribution in [2.75, 3.05) is 6.54 Å². The van der Waals surface area contributed by atoms with Gasteiger partial charge < -0.3 is 0 Å². The van der Waals surface area contributed by atoms with Gasteiger partial charge in [0.2, 0.25) is 5.03 Å². The molecule has 4 nitrogen and oxygen atoms in total. The first-order valence-electron chi connectivity index (χ1n) is 6.20. The van der Waals surface area contributed by atoms with Gasteiger partial charge in [-0.25, -0.2) is 22.5 Å². The van der Waals surface area contributed by atoms with Crippen LogP contribution in [0.3, 0.4) is 0 Å². The minimum absolute atomic E-state index is 0.361. The number of hydrogen-bond donors (Lipinski definition) is 1. The van der Waals surface area contributed by atoms with Crippen molar-refractivity contribution in [1.82, 2.24) is 9.71 Å². The van der Waals surface area contributed by atoms with Crippen LogP contribution in [0.25, 0.3) is 0 Å². The second-order valence-electron chi connectivity index (χ2n) is 4.65. The molecule has 1 aromatic heterocycles. The summed E-state index contributed by atoms with van der Waals surface area (Å²) in [4.78, 5) is 3.59. The van der Waals surface area contributed by atoms with Crippen molar-refractivity contribution in [3.63, 3.8) is 0 Å². The van der Waals surface area contributed by atoms with Crippen LogP contribution in [0, 0.1) is 11.7 Å². The fourth-order valence-corrected chi connectivity index (χ4v) is 3.37. The van der Waals surface area contributed by atoms with E-state index in [0.29, 0.717) is 12.5 Å². The Morgan fingerprint density at radius 2 is 2.06 bits per heavy atom. The number of nitrogens with one attached hydrogen (secondary N) is 1. The van der Waals surface area contributed by atoms with Gasteiger partial charge in [-0.05, 0) is 30.9 Å². The lowest BCUT2D eigenvalue weighted by Crippen LogP contribution is -2.31. The number of sulfonamides is 1. The fourth-order valence-electron chi connectivity index (χ4n) is 2.26. The predicted octanol–water partition coefficient (Wildman–Crippen LogP) is 2.08. The summed E-state index contributed by atoms with van der Waals surface area (Å²) in [7, 11) is -3.83. The predicted molar refractivity (Wildman–Crippen MR) is 66.0 cm³/mol. The molecule has 0 radical (unpaired) electrons. The molecule has 2 rings (SSSR count). The van der Waals surface area contributed by atoms with Crippen LogP contribution in [-0.2, 0) is 10.0 Å². The molecule has 0 bridgehead atoms. The smallest absolute Gasteiger partial charge is 0.241 e. The van der Waals surface area contributed by atoms with E-state index in [2.05, 4.69) is 9.71 Å².